The average molecular weight is 436 g/mol. The fraction of sp³-hybridized carbons (Fsp3) is 0.174. The fourth-order valence-corrected chi connectivity index (χ4v) is 4.18. The van der Waals surface area contributed by atoms with E-state index in [-0.39, 0.29) is 18.9 Å². The Bertz CT molecular complexity index is 1090. The minimum absolute atomic E-state index is 0.134. The molecule has 4 rings (SSSR count). The number of methoxy groups -OCH3 is 1. The first kappa shape index (κ1) is 20.6. The number of carbonyl (C=O) groups is 3. The molecule has 0 aliphatic carbocycles. The number of hydrogen-bond donors (Lipinski definition) is 1. The molecule has 0 radical (unpaired) electrons. The lowest BCUT2D eigenvalue weighted by Gasteiger charge is -2.21. The van der Waals surface area contributed by atoms with Gasteiger partial charge in [0.1, 0.15) is 11.8 Å². The van der Waals surface area contributed by atoms with Gasteiger partial charge in [-0.05, 0) is 35.7 Å². The molecule has 1 aromatic heterocycles. The summed E-state index contributed by atoms with van der Waals surface area (Å²) in [6.07, 6.45) is -0.134. The molecule has 8 heteroatoms. The van der Waals surface area contributed by atoms with Crippen molar-refractivity contribution < 1.29 is 19.1 Å². The van der Waals surface area contributed by atoms with E-state index >= 15 is 0 Å². The fourth-order valence-electron chi connectivity index (χ4n) is 3.48. The lowest BCUT2D eigenvalue weighted by atomic mass is 10.1. The van der Waals surface area contributed by atoms with Gasteiger partial charge in [-0.15, -0.1) is 11.3 Å². The van der Waals surface area contributed by atoms with E-state index in [2.05, 4.69) is 5.32 Å². The molecule has 0 unspecified atom stereocenters. The maximum atomic E-state index is 13.3. The molecular weight excluding hydrogens is 414 g/mol. The Morgan fingerprint density at radius 3 is 2.58 bits per heavy atom. The van der Waals surface area contributed by atoms with Crippen molar-refractivity contribution in [3.63, 3.8) is 0 Å². The molecule has 1 N–H and O–H groups in total. The highest BCUT2D eigenvalue weighted by Gasteiger charge is 2.46. The maximum Gasteiger partial charge on any atom is 0.332 e. The van der Waals surface area contributed by atoms with Crippen LogP contribution in [-0.4, -0.2) is 35.9 Å². The van der Waals surface area contributed by atoms with Crippen molar-refractivity contribution in [1.29, 1.82) is 0 Å². The molecule has 1 aliphatic heterocycles. The van der Waals surface area contributed by atoms with Gasteiger partial charge in [0.2, 0.25) is 5.91 Å². The molecule has 2 heterocycles. The maximum absolute atomic E-state index is 13.3. The van der Waals surface area contributed by atoms with Gasteiger partial charge >= 0.3 is 6.03 Å². The number of thiophene rings is 1. The van der Waals surface area contributed by atoms with E-state index in [9.17, 15) is 14.4 Å². The molecule has 3 aromatic rings. The molecule has 0 saturated carbocycles. The van der Waals surface area contributed by atoms with E-state index in [1.54, 1.807) is 36.4 Å². The van der Waals surface area contributed by atoms with Gasteiger partial charge in [-0.25, -0.2) is 9.69 Å². The van der Waals surface area contributed by atoms with Crippen molar-refractivity contribution in [3.05, 3.63) is 77.0 Å². The summed E-state index contributed by atoms with van der Waals surface area (Å²) in [5.41, 5.74) is 1.05. The average Bonchev–Trinajstić information content (AvgIpc) is 3.37. The zero-order valence-corrected chi connectivity index (χ0v) is 17.7. The zero-order chi connectivity index (χ0) is 21.8. The van der Waals surface area contributed by atoms with Crippen LogP contribution in [0.15, 0.2) is 72.1 Å². The van der Waals surface area contributed by atoms with Crippen LogP contribution in [0.2, 0.25) is 0 Å². The second-order valence-corrected chi connectivity index (χ2v) is 8.03. The number of imide groups is 1. The van der Waals surface area contributed by atoms with Crippen molar-refractivity contribution in [2.24, 2.45) is 0 Å². The summed E-state index contributed by atoms with van der Waals surface area (Å²) in [5.74, 6) is -0.229. The van der Waals surface area contributed by atoms with Crippen molar-refractivity contribution in [3.8, 4) is 5.75 Å². The first-order chi connectivity index (χ1) is 15.1. The molecule has 1 atom stereocenters. The molecule has 158 valence electrons. The molecule has 7 nitrogen and oxygen atoms in total. The molecule has 31 heavy (non-hydrogen) atoms. The number of anilines is 2. The number of amides is 4. The summed E-state index contributed by atoms with van der Waals surface area (Å²) in [7, 11) is 1.52. The van der Waals surface area contributed by atoms with Crippen LogP contribution < -0.4 is 15.0 Å². The zero-order valence-electron chi connectivity index (χ0n) is 16.9. The highest BCUT2D eigenvalue weighted by molar-refractivity contribution is 7.09. The first-order valence-corrected chi connectivity index (χ1v) is 10.6. The minimum atomic E-state index is -0.899. The third-order valence-electron chi connectivity index (χ3n) is 4.97. The van der Waals surface area contributed by atoms with Gasteiger partial charge in [0.25, 0.3) is 5.91 Å². The minimum Gasteiger partial charge on any atom is -0.497 e. The predicted octanol–water partition coefficient (Wildman–Crippen LogP) is 4.12. The summed E-state index contributed by atoms with van der Waals surface area (Å²) >= 11 is 1.50. The lowest BCUT2D eigenvalue weighted by molar-refractivity contribution is -0.124. The van der Waals surface area contributed by atoms with E-state index in [4.69, 9.17) is 4.74 Å². The summed E-state index contributed by atoms with van der Waals surface area (Å²) in [6, 6.07) is 18.2. The lowest BCUT2D eigenvalue weighted by Crippen LogP contribution is -2.37. The van der Waals surface area contributed by atoms with Gasteiger partial charge in [0.15, 0.2) is 0 Å². The summed E-state index contributed by atoms with van der Waals surface area (Å²) in [6.45, 7) is 0.256. The number of ether oxygens (including phenoxy) is 1. The Kier molecular flexibility index (Phi) is 5.99. The van der Waals surface area contributed by atoms with E-state index in [0.717, 1.165) is 9.78 Å². The second kappa shape index (κ2) is 9.01. The molecule has 1 aliphatic rings. The Hall–Kier alpha value is -3.65. The quantitative estimate of drug-likeness (QED) is 0.566. The predicted molar refractivity (Wildman–Crippen MR) is 119 cm³/mol. The van der Waals surface area contributed by atoms with Crippen LogP contribution in [0.25, 0.3) is 0 Å². The summed E-state index contributed by atoms with van der Waals surface area (Å²) < 4.78 is 5.23. The molecular formula is C23H21N3O4S. The normalized spacial score (nSPS) is 16.0. The monoisotopic (exact) mass is 435 g/mol. The number of hydrogen-bond acceptors (Lipinski definition) is 5. The number of urea groups is 1. The van der Waals surface area contributed by atoms with Gasteiger partial charge in [-0.1, -0.05) is 30.3 Å². The number of nitrogens with zero attached hydrogens (tertiary/aromatic N) is 2. The van der Waals surface area contributed by atoms with Crippen LogP contribution in [0, 0.1) is 0 Å². The number of rotatable bonds is 7. The summed E-state index contributed by atoms with van der Waals surface area (Å²) in [4.78, 5) is 42.7. The molecule has 4 amide bonds. The van der Waals surface area contributed by atoms with E-state index < -0.39 is 18.0 Å². The molecule has 2 aromatic carbocycles. The summed E-state index contributed by atoms with van der Waals surface area (Å²) in [5, 5.41) is 4.70. The van der Waals surface area contributed by atoms with Crippen LogP contribution in [-0.2, 0) is 16.1 Å². The van der Waals surface area contributed by atoms with Crippen LogP contribution in [0.5, 0.6) is 5.75 Å². The third kappa shape index (κ3) is 4.44. The van der Waals surface area contributed by atoms with Crippen LogP contribution >= 0.6 is 11.3 Å². The highest BCUT2D eigenvalue weighted by Crippen LogP contribution is 2.31. The molecule has 1 saturated heterocycles. The first-order valence-electron chi connectivity index (χ1n) is 9.72. The SMILES string of the molecule is COc1cccc(N2C(=O)[C@H](CC(=O)Nc3ccccc3)N(Cc3cccs3)C2=O)c1. The van der Waals surface area contributed by atoms with Gasteiger partial charge in [-0.2, -0.15) is 0 Å². The third-order valence-corrected chi connectivity index (χ3v) is 5.83. The van der Waals surface area contributed by atoms with Crippen LogP contribution in [0.1, 0.15) is 11.3 Å². The Balaban J connectivity index is 1.60. The Morgan fingerprint density at radius 1 is 1.06 bits per heavy atom. The van der Waals surface area contributed by atoms with Crippen LogP contribution in [0.4, 0.5) is 16.2 Å². The van der Waals surface area contributed by atoms with Crippen molar-refractivity contribution in [1.82, 2.24) is 4.90 Å². The second-order valence-electron chi connectivity index (χ2n) is 7.00. The standard InChI is InChI=1S/C23H21N3O4S/c1-30-18-10-5-9-17(13-18)26-22(28)20(14-21(27)24-16-7-3-2-4-8-16)25(23(26)29)15-19-11-6-12-31-19/h2-13,20H,14-15H2,1H3,(H,24,27)/t20-/m0/s1. The number of carbonyl (C=O) groups excluding carboxylic acids is 3. The number of para-hydroxylation sites is 1. The Labute approximate surface area is 183 Å². The van der Waals surface area contributed by atoms with E-state index in [0.29, 0.717) is 17.1 Å². The topological polar surface area (TPSA) is 79.0 Å². The number of nitrogens with one attached hydrogen (secondary N) is 1. The molecule has 0 bridgehead atoms. The van der Waals surface area contributed by atoms with Crippen molar-refractivity contribution >= 4 is 40.6 Å². The van der Waals surface area contributed by atoms with E-state index in [1.165, 1.54) is 23.3 Å². The van der Waals surface area contributed by atoms with Crippen molar-refractivity contribution in [2.75, 3.05) is 17.3 Å². The smallest absolute Gasteiger partial charge is 0.332 e. The van der Waals surface area contributed by atoms with Gasteiger partial charge in [-0.3, -0.25) is 9.59 Å². The highest BCUT2D eigenvalue weighted by atomic mass is 32.1. The van der Waals surface area contributed by atoms with E-state index in [1.807, 2.05) is 35.7 Å². The van der Waals surface area contributed by atoms with Crippen LogP contribution in [0.3, 0.4) is 0 Å². The largest absolute Gasteiger partial charge is 0.497 e. The van der Waals surface area contributed by atoms with Gasteiger partial charge in [0.05, 0.1) is 25.8 Å². The van der Waals surface area contributed by atoms with Gasteiger partial charge in [0, 0.05) is 16.6 Å². The van der Waals surface area contributed by atoms with Gasteiger partial charge < -0.3 is 15.0 Å². The van der Waals surface area contributed by atoms with Crippen molar-refractivity contribution in [2.45, 2.75) is 19.0 Å². The molecule has 0 spiro atoms. The number of benzene rings is 2. The Morgan fingerprint density at radius 2 is 1.87 bits per heavy atom. The molecule has 1 fully saturated rings.